The van der Waals surface area contributed by atoms with Crippen molar-refractivity contribution in [2.45, 2.75) is 31.8 Å². The molecular formula is C21H25FN2O2. The summed E-state index contributed by atoms with van der Waals surface area (Å²) in [4.78, 5) is 14.5. The van der Waals surface area contributed by atoms with Crippen molar-refractivity contribution in [3.05, 3.63) is 66.0 Å². The monoisotopic (exact) mass is 356 g/mol. The molecule has 26 heavy (non-hydrogen) atoms. The second kappa shape index (κ2) is 9.34. The van der Waals surface area contributed by atoms with Crippen molar-refractivity contribution in [1.82, 2.24) is 10.2 Å². The SMILES string of the molecule is O=C(CCOc1cccc(F)c1)NC1CCN(Cc2ccccc2)CC1. The van der Waals surface area contributed by atoms with Crippen LogP contribution in [0.3, 0.4) is 0 Å². The fourth-order valence-electron chi connectivity index (χ4n) is 3.20. The van der Waals surface area contributed by atoms with E-state index in [2.05, 4.69) is 34.5 Å². The number of likely N-dealkylation sites (tertiary alicyclic amines) is 1. The highest BCUT2D eigenvalue weighted by atomic mass is 19.1. The second-order valence-electron chi connectivity index (χ2n) is 6.66. The number of nitrogens with zero attached hydrogens (tertiary/aromatic N) is 1. The van der Waals surface area contributed by atoms with Crippen molar-refractivity contribution in [3.63, 3.8) is 0 Å². The molecule has 1 aliphatic rings. The lowest BCUT2D eigenvalue weighted by Gasteiger charge is -2.32. The molecule has 1 fully saturated rings. The van der Waals surface area contributed by atoms with Crippen molar-refractivity contribution < 1.29 is 13.9 Å². The predicted octanol–water partition coefficient (Wildman–Crippen LogP) is 3.38. The minimum Gasteiger partial charge on any atom is -0.493 e. The molecule has 1 saturated heterocycles. The van der Waals surface area contributed by atoms with Gasteiger partial charge in [-0.05, 0) is 30.5 Å². The number of piperidine rings is 1. The average molecular weight is 356 g/mol. The van der Waals surface area contributed by atoms with Gasteiger partial charge in [-0.25, -0.2) is 4.39 Å². The summed E-state index contributed by atoms with van der Waals surface area (Å²) in [6.45, 7) is 3.18. The van der Waals surface area contributed by atoms with E-state index < -0.39 is 0 Å². The summed E-state index contributed by atoms with van der Waals surface area (Å²) in [5, 5.41) is 3.08. The van der Waals surface area contributed by atoms with Crippen molar-refractivity contribution >= 4 is 5.91 Å². The normalized spacial score (nSPS) is 15.6. The Bertz CT molecular complexity index is 700. The maximum atomic E-state index is 13.1. The molecule has 0 atom stereocenters. The largest absolute Gasteiger partial charge is 0.493 e. The third-order valence-electron chi connectivity index (χ3n) is 4.60. The molecule has 5 heteroatoms. The van der Waals surface area contributed by atoms with Crippen molar-refractivity contribution in [2.24, 2.45) is 0 Å². The van der Waals surface area contributed by atoms with Crippen LogP contribution in [0.15, 0.2) is 54.6 Å². The minimum atomic E-state index is -0.339. The number of hydrogen-bond acceptors (Lipinski definition) is 3. The quantitative estimate of drug-likeness (QED) is 0.827. The number of rotatable bonds is 7. The van der Waals surface area contributed by atoms with E-state index in [9.17, 15) is 9.18 Å². The topological polar surface area (TPSA) is 41.6 Å². The Morgan fingerprint density at radius 2 is 1.88 bits per heavy atom. The highest BCUT2D eigenvalue weighted by molar-refractivity contribution is 5.76. The van der Waals surface area contributed by atoms with Crippen LogP contribution in [0, 0.1) is 5.82 Å². The number of benzene rings is 2. The number of hydrogen-bond donors (Lipinski definition) is 1. The first-order valence-electron chi connectivity index (χ1n) is 9.13. The molecule has 0 unspecified atom stereocenters. The first-order chi connectivity index (χ1) is 12.7. The Morgan fingerprint density at radius 1 is 1.12 bits per heavy atom. The highest BCUT2D eigenvalue weighted by Crippen LogP contribution is 2.14. The Labute approximate surface area is 154 Å². The molecule has 1 amide bonds. The van der Waals surface area contributed by atoms with Gasteiger partial charge >= 0.3 is 0 Å². The van der Waals surface area contributed by atoms with E-state index in [1.807, 2.05) is 6.07 Å². The summed E-state index contributed by atoms with van der Waals surface area (Å²) in [5.41, 5.74) is 1.32. The molecule has 1 heterocycles. The fourth-order valence-corrected chi connectivity index (χ4v) is 3.20. The molecule has 0 radical (unpaired) electrons. The van der Waals surface area contributed by atoms with Gasteiger partial charge in [0.15, 0.2) is 0 Å². The smallest absolute Gasteiger partial charge is 0.223 e. The molecule has 0 bridgehead atoms. The van der Waals surface area contributed by atoms with Crippen LogP contribution in [0.2, 0.25) is 0 Å². The van der Waals surface area contributed by atoms with E-state index >= 15 is 0 Å². The summed E-state index contributed by atoms with van der Waals surface area (Å²) in [7, 11) is 0. The first kappa shape index (κ1) is 18.4. The summed E-state index contributed by atoms with van der Waals surface area (Å²) < 4.78 is 18.5. The average Bonchev–Trinajstić information content (AvgIpc) is 2.64. The Morgan fingerprint density at radius 3 is 2.62 bits per heavy atom. The minimum absolute atomic E-state index is 0.0112. The molecule has 0 saturated carbocycles. The van der Waals surface area contributed by atoms with E-state index in [-0.39, 0.29) is 30.8 Å². The molecular weight excluding hydrogens is 331 g/mol. The van der Waals surface area contributed by atoms with Crippen molar-refractivity contribution in [3.8, 4) is 5.75 Å². The summed E-state index contributed by atoms with van der Waals surface area (Å²) >= 11 is 0. The molecule has 0 aromatic heterocycles. The van der Waals surface area contributed by atoms with Crippen LogP contribution in [0.4, 0.5) is 4.39 Å². The van der Waals surface area contributed by atoms with Gasteiger partial charge in [-0.3, -0.25) is 9.69 Å². The lowest BCUT2D eigenvalue weighted by Crippen LogP contribution is -2.44. The summed E-state index contributed by atoms with van der Waals surface area (Å²) in [6.07, 6.45) is 2.20. The standard InChI is InChI=1S/C21H25FN2O2/c22-18-7-4-8-20(15-18)26-14-11-21(25)23-19-9-12-24(13-10-19)16-17-5-2-1-3-6-17/h1-8,15,19H,9-14,16H2,(H,23,25). The van der Waals surface area contributed by atoms with Gasteiger partial charge in [0.1, 0.15) is 11.6 Å². The number of halogens is 1. The van der Waals surface area contributed by atoms with Crippen LogP contribution in [0.5, 0.6) is 5.75 Å². The van der Waals surface area contributed by atoms with Gasteiger partial charge in [-0.2, -0.15) is 0 Å². The van der Waals surface area contributed by atoms with Gasteiger partial charge in [0, 0.05) is 31.7 Å². The van der Waals surface area contributed by atoms with E-state index in [0.29, 0.717) is 5.75 Å². The maximum absolute atomic E-state index is 13.1. The van der Waals surface area contributed by atoms with E-state index in [0.717, 1.165) is 32.5 Å². The number of nitrogens with one attached hydrogen (secondary N) is 1. The third kappa shape index (κ3) is 5.85. The predicted molar refractivity (Wildman–Crippen MR) is 99.4 cm³/mol. The van der Waals surface area contributed by atoms with Crippen molar-refractivity contribution in [2.75, 3.05) is 19.7 Å². The number of ether oxygens (including phenoxy) is 1. The van der Waals surface area contributed by atoms with Crippen molar-refractivity contribution in [1.29, 1.82) is 0 Å². The van der Waals surface area contributed by atoms with Gasteiger partial charge < -0.3 is 10.1 Å². The van der Waals surface area contributed by atoms with E-state index in [4.69, 9.17) is 4.74 Å². The fraction of sp³-hybridized carbons (Fsp3) is 0.381. The summed E-state index contributed by atoms with van der Waals surface area (Å²) in [5.74, 6) is 0.101. The van der Waals surface area contributed by atoms with Crippen LogP contribution < -0.4 is 10.1 Å². The van der Waals surface area contributed by atoms with Crippen LogP contribution in [-0.4, -0.2) is 36.5 Å². The van der Waals surface area contributed by atoms with Gasteiger partial charge in [-0.15, -0.1) is 0 Å². The third-order valence-corrected chi connectivity index (χ3v) is 4.60. The molecule has 2 aromatic rings. The van der Waals surface area contributed by atoms with Crippen LogP contribution in [0.25, 0.3) is 0 Å². The zero-order valence-corrected chi connectivity index (χ0v) is 14.9. The Balaban J connectivity index is 1.33. The molecule has 0 aliphatic carbocycles. The number of amides is 1. The van der Waals surface area contributed by atoms with Gasteiger partial charge in [0.2, 0.25) is 5.91 Å². The zero-order chi connectivity index (χ0) is 18.2. The molecule has 0 spiro atoms. The van der Waals surface area contributed by atoms with E-state index in [1.165, 1.54) is 17.7 Å². The Hall–Kier alpha value is -2.40. The number of carbonyl (C=O) groups excluding carboxylic acids is 1. The molecule has 3 rings (SSSR count). The molecule has 138 valence electrons. The van der Waals surface area contributed by atoms with Crippen LogP contribution in [0.1, 0.15) is 24.8 Å². The van der Waals surface area contributed by atoms with E-state index in [1.54, 1.807) is 12.1 Å². The Kier molecular flexibility index (Phi) is 6.61. The van der Waals surface area contributed by atoms with Gasteiger partial charge in [0.05, 0.1) is 13.0 Å². The van der Waals surface area contributed by atoms with Gasteiger partial charge in [0.25, 0.3) is 0 Å². The lowest BCUT2D eigenvalue weighted by atomic mass is 10.0. The van der Waals surface area contributed by atoms with Crippen LogP contribution in [-0.2, 0) is 11.3 Å². The zero-order valence-electron chi connectivity index (χ0n) is 14.9. The number of carbonyl (C=O) groups is 1. The molecule has 2 aromatic carbocycles. The maximum Gasteiger partial charge on any atom is 0.223 e. The van der Waals surface area contributed by atoms with Crippen LogP contribution >= 0.6 is 0 Å². The van der Waals surface area contributed by atoms with Gasteiger partial charge in [-0.1, -0.05) is 36.4 Å². The molecule has 4 nitrogen and oxygen atoms in total. The highest BCUT2D eigenvalue weighted by Gasteiger charge is 2.20. The first-order valence-corrected chi connectivity index (χ1v) is 9.13. The summed E-state index contributed by atoms with van der Waals surface area (Å²) in [6, 6.07) is 16.6. The lowest BCUT2D eigenvalue weighted by molar-refractivity contribution is -0.122. The molecule has 1 aliphatic heterocycles. The molecule has 1 N–H and O–H groups in total. The second-order valence-corrected chi connectivity index (χ2v) is 6.66.